The fourth-order valence-corrected chi connectivity index (χ4v) is 10.7. The first-order valence-corrected chi connectivity index (χ1v) is 21.7. The summed E-state index contributed by atoms with van der Waals surface area (Å²) in [4.78, 5) is 7.52. The molecule has 0 aliphatic carbocycles. The van der Waals surface area contributed by atoms with E-state index in [-0.39, 0.29) is 0 Å². The van der Waals surface area contributed by atoms with Gasteiger partial charge in [-0.05, 0) is 88.5 Å². The van der Waals surface area contributed by atoms with E-state index < -0.39 is 0 Å². The molecule has 0 bridgehead atoms. The highest BCUT2D eigenvalue weighted by molar-refractivity contribution is 7.26. The average Bonchev–Trinajstić information content (AvgIpc) is 4.04. The Morgan fingerprint density at radius 1 is 0.383 bits per heavy atom. The number of aromatic nitrogens is 1. The third-order valence-electron chi connectivity index (χ3n) is 11.5. The molecule has 0 fully saturated rings. The first kappa shape index (κ1) is 34.7. The summed E-state index contributed by atoms with van der Waals surface area (Å²) in [6.07, 6.45) is 0. The van der Waals surface area contributed by atoms with Gasteiger partial charge in [-0.1, -0.05) is 146 Å². The number of hydrogen-bond donors (Lipinski definition) is 0. The van der Waals surface area contributed by atoms with E-state index in [1.54, 1.807) is 11.3 Å². The molecule has 0 unspecified atom stereocenters. The molecule has 0 aliphatic rings. The second-order valence-corrected chi connectivity index (χ2v) is 17.2. The van der Waals surface area contributed by atoms with Crippen molar-refractivity contribution >= 4 is 92.1 Å². The molecule has 9 aromatic carbocycles. The summed E-state index contributed by atoms with van der Waals surface area (Å²) >= 11 is 3.61. The van der Waals surface area contributed by atoms with Crippen LogP contribution in [0.1, 0.15) is 0 Å². The number of hydrogen-bond acceptors (Lipinski definition) is 5. The van der Waals surface area contributed by atoms with Crippen LogP contribution in [0.15, 0.2) is 211 Å². The van der Waals surface area contributed by atoms with Crippen LogP contribution in [0.25, 0.3) is 96.3 Å². The zero-order valence-electron chi connectivity index (χ0n) is 32.2. The van der Waals surface area contributed by atoms with Gasteiger partial charge in [-0.25, -0.2) is 4.98 Å². The maximum Gasteiger partial charge on any atom is 0.143 e. The smallest absolute Gasteiger partial charge is 0.143 e. The quantitative estimate of drug-likeness (QED) is 0.161. The summed E-state index contributed by atoms with van der Waals surface area (Å²) in [5.41, 5.74) is 14.2. The summed E-state index contributed by atoms with van der Waals surface area (Å²) in [5, 5.41) is 5.83. The van der Waals surface area contributed by atoms with Crippen molar-refractivity contribution < 1.29 is 4.42 Å². The molecule has 0 amide bonds. The van der Waals surface area contributed by atoms with Crippen LogP contribution in [0.4, 0.5) is 17.1 Å². The molecule has 0 N–H and O–H groups in total. The number of thiophene rings is 1. The minimum absolute atomic E-state index is 0.900. The van der Waals surface area contributed by atoms with Gasteiger partial charge in [-0.3, -0.25) is 0 Å². The van der Waals surface area contributed by atoms with E-state index in [9.17, 15) is 0 Å². The van der Waals surface area contributed by atoms with Gasteiger partial charge in [-0.2, -0.15) is 0 Å². The van der Waals surface area contributed by atoms with Crippen LogP contribution in [0, 0.1) is 0 Å². The predicted molar refractivity (Wildman–Crippen MR) is 256 cm³/mol. The lowest BCUT2D eigenvalue weighted by Crippen LogP contribution is -2.10. The molecular weight excluding hydrogens is 769 g/mol. The zero-order chi connectivity index (χ0) is 39.6. The number of nitrogens with zero attached hydrogens (tertiary/aromatic N) is 2. The topological polar surface area (TPSA) is 29.3 Å². The van der Waals surface area contributed by atoms with E-state index >= 15 is 0 Å². The van der Waals surface area contributed by atoms with Crippen molar-refractivity contribution in [2.75, 3.05) is 4.90 Å². The molecule has 0 saturated carbocycles. The number of thiazole rings is 1. The summed E-state index contributed by atoms with van der Waals surface area (Å²) in [6, 6.07) is 73.8. The zero-order valence-corrected chi connectivity index (χ0v) is 33.9. The number of benzene rings is 9. The van der Waals surface area contributed by atoms with Crippen molar-refractivity contribution in [3.8, 4) is 44.0 Å². The maximum absolute atomic E-state index is 6.48. The van der Waals surface area contributed by atoms with Gasteiger partial charge >= 0.3 is 0 Å². The molecule has 0 aliphatic heterocycles. The van der Waals surface area contributed by atoms with Crippen molar-refractivity contribution in [2.45, 2.75) is 0 Å². The lowest BCUT2D eigenvalue weighted by molar-refractivity contribution is 0.670. The van der Waals surface area contributed by atoms with Gasteiger partial charge in [0.05, 0.1) is 10.2 Å². The Hall–Kier alpha value is -7.31. The average molecular weight is 803 g/mol. The predicted octanol–water partition coefficient (Wildman–Crippen LogP) is 16.7. The van der Waals surface area contributed by atoms with Gasteiger partial charge in [0.25, 0.3) is 0 Å². The number of rotatable bonds is 7. The summed E-state index contributed by atoms with van der Waals surface area (Å²) in [5.74, 6) is 0. The molecule has 3 aromatic heterocycles. The number of furan rings is 1. The largest absolute Gasteiger partial charge is 0.455 e. The Bertz CT molecular complexity index is 3530. The molecule has 0 radical (unpaired) electrons. The molecule has 3 nitrogen and oxygen atoms in total. The Morgan fingerprint density at radius 2 is 1.00 bits per heavy atom. The SMILES string of the molecule is c1ccc(-c2ccc(N(c3ccc(-c4ccc5c(c4)sc4ccc6sc(-c7ccccc7)nc6c45)cc3)c3cccc(-c4cccc5c4oc4ccccc45)c3)cc2)cc1. The number of para-hydroxylation sites is 2. The van der Waals surface area contributed by atoms with Crippen molar-refractivity contribution in [1.29, 1.82) is 0 Å². The molecular formula is C55H34N2OS2. The van der Waals surface area contributed by atoms with Crippen molar-refractivity contribution in [2.24, 2.45) is 0 Å². The third-order valence-corrected chi connectivity index (χ3v) is 13.7. The van der Waals surface area contributed by atoms with Gasteiger partial charge in [-0.15, -0.1) is 22.7 Å². The molecule has 12 rings (SSSR count). The maximum atomic E-state index is 6.48. The van der Waals surface area contributed by atoms with E-state index in [1.165, 1.54) is 47.1 Å². The van der Waals surface area contributed by atoms with E-state index in [0.717, 1.165) is 66.2 Å². The Kier molecular flexibility index (Phi) is 8.22. The van der Waals surface area contributed by atoms with E-state index in [1.807, 2.05) is 23.5 Å². The van der Waals surface area contributed by atoms with Crippen LogP contribution in [0.3, 0.4) is 0 Å². The standard InChI is InChI=1S/C55H34N2OS2/c1-3-11-35(12-4-1)36-21-26-41(27-22-36)57(43-16-9-15-40(33-43)44-18-10-19-46-45-17-7-8-20-48(45)58-54(44)46)42-28-23-37(24-29-42)39-25-30-47-51(34-39)59-49-31-32-50-53(52(47)49)56-55(60-50)38-13-5-2-6-14-38/h1-34H. The Morgan fingerprint density at radius 3 is 1.78 bits per heavy atom. The lowest BCUT2D eigenvalue weighted by Gasteiger charge is -2.26. The van der Waals surface area contributed by atoms with E-state index in [2.05, 4.69) is 199 Å². The normalized spacial score (nSPS) is 11.7. The fraction of sp³-hybridized carbons (Fsp3) is 0. The second-order valence-electron chi connectivity index (χ2n) is 15.1. The highest BCUT2D eigenvalue weighted by Gasteiger charge is 2.18. The molecule has 0 spiro atoms. The molecule has 3 heterocycles. The highest BCUT2D eigenvalue weighted by atomic mass is 32.1. The fourth-order valence-electron chi connectivity index (χ4n) is 8.61. The molecule has 12 aromatic rings. The first-order valence-electron chi connectivity index (χ1n) is 20.1. The number of anilines is 3. The molecule has 0 atom stereocenters. The van der Waals surface area contributed by atoms with Crippen LogP contribution in [-0.2, 0) is 0 Å². The van der Waals surface area contributed by atoms with Crippen LogP contribution in [-0.4, -0.2) is 4.98 Å². The summed E-state index contributed by atoms with van der Waals surface area (Å²) in [7, 11) is 0. The highest BCUT2D eigenvalue weighted by Crippen LogP contribution is 2.44. The second kappa shape index (κ2) is 14.2. The van der Waals surface area contributed by atoms with Gasteiger partial charge in [0.1, 0.15) is 16.2 Å². The van der Waals surface area contributed by atoms with Crippen molar-refractivity contribution in [3.63, 3.8) is 0 Å². The number of fused-ring (bicyclic) bond motifs is 8. The monoisotopic (exact) mass is 802 g/mol. The molecule has 60 heavy (non-hydrogen) atoms. The van der Waals surface area contributed by atoms with Crippen LogP contribution >= 0.6 is 22.7 Å². The minimum Gasteiger partial charge on any atom is -0.455 e. The first-order chi connectivity index (χ1) is 29.7. The van der Waals surface area contributed by atoms with Crippen LogP contribution in [0.2, 0.25) is 0 Å². The Balaban J connectivity index is 0.932. The van der Waals surface area contributed by atoms with Gasteiger partial charge in [0.2, 0.25) is 0 Å². The molecule has 282 valence electrons. The van der Waals surface area contributed by atoms with Gasteiger partial charge in [0, 0.05) is 59.1 Å². The summed E-state index contributed by atoms with van der Waals surface area (Å²) < 4.78 is 10.2. The Labute approximate surface area is 354 Å². The third kappa shape index (κ3) is 5.90. The minimum atomic E-state index is 0.900. The van der Waals surface area contributed by atoms with Gasteiger partial charge < -0.3 is 9.32 Å². The lowest BCUT2D eigenvalue weighted by atomic mass is 10.0. The van der Waals surface area contributed by atoms with Crippen LogP contribution in [0.5, 0.6) is 0 Å². The summed E-state index contributed by atoms with van der Waals surface area (Å²) in [6.45, 7) is 0. The van der Waals surface area contributed by atoms with Gasteiger partial charge in [0.15, 0.2) is 0 Å². The molecule has 5 heteroatoms. The molecule has 0 saturated heterocycles. The van der Waals surface area contributed by atoms with Crippen molar-refractivity contribution in [3.05, 3.63) is 206 Å². The van der Waals surface area contributed by atoms with Crippen LogP contribution < -0.4 is 4.90 Å². The van der Waals surface area contributed by atoms with E-state index in [0.29, 0.717) is 0 Å². The van der Waals surface area contributed by atoms with E-state index in [4.69, 9.17) is 9.40 Å². The van der Waals surface area contributed by atoms with Crippen molar-refractivity contribution in [1.82, 2.24) is 4.98 Å².